The summed E-state index contributed by atoms with van der Waals surface area (Å²) in [5.41, 5.74) is 0.927. The smallest absolute Gasteiger partial charge is 0.236 e. The molecule has 0 unspecified atom stereocenters. The minimum absolute atomic E-state index is 0.262. The lowest BCUT2D eigenvalue weighted by Crippen LogP contribution is -1.92. The first-order valence-corrected chi connectivity index (χ1v) is 5.92. The van der Waals surface area contributed by atoms with Crippen molar-refractivity contribution in [3.05, 3.63) is 29.5 Å². The van der Waals surface area contributed by atoms with E-state index in [0.29, 0.717) is 11.7 Å². The van der Waals surface area contributed by atoms with Crippen LogP contribution in [0.1, 0.15) is 6.92 Å². The van der Waals surface area contributed by atoms with Gasteiger partial charge in [0.05, 0.1) is 6.61 Å². The van der Waals surface area contributed by atoms with E-state index in [1.54, 1.807) is 0 Å². The summed E-state index contributed by atoms with van der Waals surface area (Å²) in [6.45, 7) is 2.62. The molecule has 0 aliphatic heterocycles. The molecule has 0 atom stereocenters. The van der Waals surface area contributed by atoms with Crippen LogP contribution in [0.25, 0.3) is 0 Å². The number of aromatic nitrogens is 2. The summed E-state index contributed by atoms with van der Waals surface area (Å²) in [5.74, 6) is 0.850. The van der Waals surface area contributed by atoms with Crippen molar-refractivity contribution in [3.63, 3.8) is 0 Å². The number of nitrogens with one attached hydrogen (secondary N) is 1. The van der Waals surface area contributed by atoms with Crippen molar-refractivity contribution in [2.75, 3.05) is 11.9 Å². The van der Waals surface area contributed by atoms with E-state index in [1.165, 1.54) is 11.5 Å². The predicted molar refractivity (Wildman–Crippen MR) is 65.8 cm³/mol. The van der Waals surface area contributed by atoms with Crippen molar-refractivity contribution in [2.45, 2.75) is 6.92 Å². The van der Waals surface area contributed by atoms with Crippen LogP contribution in [0.5, 0.6) is 5.75 Å². The van der Waals surface area contributed by atoms with Crippen molar-refractivity contribution < 1.29 is 4.74 Å². The molecule has 16 heavy (non-hydrogen) atoms. The highest BCUT2D eigenvalue weighted by molar-refractivity contribution is 7.10. The Morgan fingerprint density at radius 3 is 2.69 bits per heavy atom. The van der Waals surface area contributed by atoms with Crippen LogP contribution in [0, 0.1) is 0 Å². The number of hydrogen-bond acceptors (Lipinski definition) is 5. The maximum absolute atomic E-state index is 5.62. The predicted octanol–water partition coefficient (Wildman–Crippen LogP) is 3.33. The van der Waals surface area contributed by atoms with Gasteiger partial charge in [0.15, 0.2) is 0 Å². The van der Waals surface area contributed by atoms with Gasteiger partial charge in [-0.3, -0.25) is 0 Å². The molecule has 2 rings (SSSR count). The van der Waals surface area contributed by atoms with Gasteiger partial charge in [-0.2, -0.15) is 9.36 Å². The molecular weight excluding hydrogens is 246 g/mol. The number of nitrogens with zero attached hydrogens (tertiary/aromatic N) is 2. The maximum atomic E-state index is 5.62. The molecule has 0 saturated heterocycles. The van der Waals surface area contributed by atoms with Crippen LogP contribution < -0.4 is 10.1 Å². The third kappa shape index (κ3) is 2.84. The fourth-order valence-corrected chi connectivity index (χ4v) is 1.91. The molecule has 84 valence electrons. The zero-order valence-corrected chi connectivity index (χ0v) is 10.2. The zero-order chi connectivity index (χ0) is 11.4. The Hall–Kier alpha value is -1.33. The van der Waals surface area contributed by atoms with Crippen molar-refractivity contribution >= 4 is 34.0 Å². The van der Waals surface area contributed by atoms with Gasteiger partial charge in [0, 0.05) is 17.2 Å². The molecule has 0 radical (unpaired) electrons. The van der Waals surface area contributed by atoms with E-state index < -0.39 is 0 Å². The molecule has 1 heterocycles. The molecular formula is C10H10ClN3OS. The molecule has 0 spiro atoms. The third-order valence-electron chi connectivity index (χ3n) is 1.82. The largest absolute Gasteiger partial charge is 0.494 e. The van der Waals surface area contributed by atoms with E-state index in [0.717, 1.165) is 11.4 Å². The van der Waals surface area contributed by atoms with Gasteiger partial charge in [0.2, 0.25) is 10.4 Å². The fraction of sp³-hybridized carbons (Fsp3) is 0.200. The molecule has 0 bridgehead atoms. The van der Waals surface area contributed by atoms with E-state index in [9.17, 15) is 0 Å². The average molecular weight is 256 g/mol. The van der Waals surface area contributed by atoms with Crippen LogP contribution >= 0.6 is 23.1 Å². The first-order chi connectivity index (χ1) is 7.78. The Morgan fingerprint density at radius 1 is 1.38 bits per heavy atom. The number of rotatable bonds is 4. The first kappa shape index (κ1) is 11.2. The monoisotopic (exact) mass is 255 g/mol. The molecule has 2 aromatic rings. The maximum Gasteiger partial charge on any atom is 0.236 e. The van der Waals surface area contributed by atoms with Gasteiger partial charge in [-0.15, -0.1) is 0 Å². The third-order valence-corrected chi connectivity index (χ3v) is 2.72. The van der Waals surface area contributed by atoms with E-state index in [2.05, 4.69) is 14.7 Å². The lowest BCUT2D eigenvalue weighted by Gasteiger charge is -2.04. The minimum atomic E-state index is 0.262. The topological polar surface area (TPSA) is 47.0 Å². The second-order valence-corrected chi connectivity index (χ2v) is 4.04. The molecule has 6 heteroatoms. The van der Waals surface area contributed by atoms with Gasteiger partial charge < -0.3 is 10.1 Å². The van der Waals surface area contributed by atoms with Crippen LogP contribution in [0.2, 0.25) is 5.28 Å². The van der Waals surface area contributed by atoms with Crippen molar-refractivity contribution in [2.24, 2.45) is 0 Å². The quantitative estimate of drug-likeness (QED) is 0.910. The van der Waals surface area contributed by atoms with Crippen LogP contribution in [-0.4, -0.2) is 16.0 Å². The number of halogens is 1. The van der Waals surface area contributed by atoms with E-state index in [4.69, 9.17) is 16.3 Å². The number of hydrogen-bond donors (Lipinski definition) is 1. The zero-order valence-electron chi connectivity index (χ0n) is 8.61. The second kappa shape index (κ2) is 5.14. The van der Waals surface area contributed by atoms with Crippen molar-refractivity contribution in [1.82, 2.24) is 9.36 Å². The summed E-state index contributed by atoms with van der Waals surface area (Å²) in [4.78, 5) is 4.00. The molecule has 1 N–H and O–H groups in total. The molecule has 1 aromatic heterocycles. The van der Waals surface area contributed by atoms with E-state index in [-0.39, 0.29) is 5.28 Å². The molecule has 4 nitrogen and oxygen atoms in total. The normalized spacial score (nSPS) is 10.1. The Bertz CT molecular complexity index is 457. The summed E-state index contributed by atoms with van der Waals surface area (Å²) in [7, 11) is 0. The standard InChI is InChI=1S/C10H10ClN3OS/c1-2-15-8-5-3-7(4-6-8)12-10-13-9(11)14-16-10/h3-6H,2H2,1H3,(H,12,13,14). The Kier molecular flexibility index (Phi) is 3.58. The molecule has 1 aromatic carbocycles. The minimum Gasteiger partial charge on any atom is -0.494 e. The lowest BCUT2D eigenvalue weighted by molar-refractivity contribution is 0.340. The van der Waals surface area contributed by atoms with Gasteiger partial charge >= 0.3 is 0 Å². The molecule has 0 amide bonds. The summed E-state index contributed by atoms with van der Waals surface area (Å²) in [6, 6.07) is 7.63. The number of ether oxygens (including phenoxy) is 1. The van der Waals surface area contributed by atoms with Gasteiger partial charge in [0.1, 0.15) is 5.75 Å². The average Bonchev–Trinajstić information content (AvgIpc) is 2.67. The Labute approximate surface area is 102 Å². The van der Waals surface area contributed by atoms with Crippen molar-refractivity contribution in [3.8, 4) is 5.75 Å². The lowest BCUT2D eigenvalue weighted by atomic mass is 10.3. The summed E-state index contributed by atoms with van der Waals surface area (Å²) in [6.07, 6.45) is 0. The van der Waals surface area contributed by atoms with E-state index in [1.807, 2.05) is 31.2 Å². The van der Waals surface area contributed by atoms with Crippen LogP contribution in [0.3, 0.4) is 0 Å². The van der Waals surface area contributed by atoms with Crippen LogP contribution in [-0.2, 0) is 0 Å². The Balaban J connectivity index is 2.05. The molecule has 0 fully saturated rings. The van der Waals surface area contributed by atoms with Crippen LogP contribution in [0.15, 0.2) is 24.3 Å². The highest BCUT2D eigenvalue weighted by Gasteiger charge is 2.01. The highest BCUT2D eigenvalue weighted by atomic mass is 35.5. The molecule has 0 aliphatic carbocycles. The number of benzene rings is 1. The SMILES string of the molecule is CCOc1ccc(Nc2nc(Cl)ns2)cc1. The highest BCUT2D eigenvalue weighted by Crippen LogP contribution is 2.22. The van der Waals surface area contributed by atoms with E-state index >= 15 is 0 Å². The first-order valence-electron chi connectivity index (χ1n) is 4.77. The number of anilines is 2. The fourth-order valence-electron chi connectivity index (χ4n) is 1.18. The Morgan fingerprint density at radius 2 is 2.12 bits per heavy atom. The van der Waals surface area contributed by atoms with Gasteiger partial charge in [-0.1, -0.05) is 0 Å². The van der Waals surface area contributed by atoms with Gasteiger partial charge in [-0.05, 0) is 42.8 Å². The van der Waals surface area contributed by atoms with Gasteiger partial charge in [-0.25, -0.2) is 0 Å². The molecule has 0 aliphatic rings. The summed E-state index contributed by atoms with van der Waals surface area (Å²) in [5, 5.41) is 4.04. The van der Waals surface area contributed by atoms with Gasteiger partial charge in [0.25, 0.3) is 0 Å². The second-order valence-electron chi connectivity index (χ2n) is 2.95. The summed E-state index contributed by atoms with van der Waals surface area (Å²) < 4.78 is 9.21. The van der Waals surface area contributed by atoms with Crippen molar-refractivity contribution in [1.29, 1.82) is 0 Å². The summed E-state index contributed by atoms with van der Waals surface area (Å²) >= 11 is 6.84. The molecule has 0 saturated carbocycles. The van der Waals surface area contributed by atoms with Crippen LogP contribution in [0.4, 0.5) is 10.8 Å².